The molecule has 5 nitrogen and oxygen atoms in total. The van der Waals surface area contributed by atoms with Crippen LogP contribution in [0.5, 0.6) is 0 Å². The highest BCUT2D eigenvalue weighted by Crippen LogP contribution is 2.43. The highest BCUT2D eigenvalue weighted by molar-refractivity contribution is 5.94. The van der Waals surface area contributed by atoms with E-state index in [9.17, 15) is 14.9 Å². The summed E-state index contributed by atoms with van der Waals surface area (Å²) in [6, 6.07) is 5.94. The van der Waals surface area contributed by atoms with Gasteiger partial charge in [0.05, 0.1) is 4.92 Å². The van der Waals surface area contributed by atoms with Crippen LogP contribution in [0.2, 0.25) is 0 Å². The Kier molecular flexibility index (Phi) is 4.14. The molecule has 5 heteroatoms. The molecule has 1 aromatic carbocycles. The Morgan fingerprint density at radius 2 is 2.11 bits per heavy atom. The van der Waals surface area contributed by atoms with Gasteiger partial charge in [-0.25, -0.2) is 0 Å². The molecule has 0 heterocycles. The summed E-state index contributed by atoms with van der Waals surface area (Å²) < 4.78 is 0. The van der Waals surface area contributed by atoms with Crippen molar-refractivity contribution in [2.75, 3.05) is 5.32 Å². The molecule has 1 aromatic rings. The minimum Gasteiger partial charge on any atom is -0.326 e. The molecule has 0 bridgehead atoms. The van der Waals surface area contributed by atoms with E-state index < -0.39 is 4.92 Å². The van der Waals surface area contributed by atoms with Crippen molar-refractivity contribution in [1.29, 1.82) is 0 Å². The van der Waals surface area contributed by atoms with Crippen LogP contribution in [-0.4, -0.2) is 10.8 Å². The van der Waals surface area contributed by atoms with E-state index >= 15 is 0 Å². The predicted octanol–water partition coefficient (Wildman–Crippen LogP) is 3.36. The average Bonchev–Trinajstić information content (AvgIpc) is 3.16. The number of carbonyl (C=O) groups excluding carboxylic acids is 1. The van der Waals surface area contributed by atoms with Gasteiger partial charge in [-0.15, -0.1) is 0 Å². The van der Waals surface area contributed by atoms with Gasteiger partial charge in [-0.1, -0.05) is 19.8 Å². The molecule has 0 aromatic heterocycles. The van der Waals surface area contributed by atoms with Gasteiger partial charge >= 0.3 is 0 Å². The van der Waals surface area contributed by atoms with E-state index in [1.165, 1.54) is 18.6 Å². The first kappa shape index (κ1) is 13.5. The Hall–Kier alpha value is -1.91. The van der Waals surface area contributed by atoms with Gasteiger partial charge in [0.2, 0.25) is 5.91 Å². The van der Waals surface area contributed by atoms with Gasteiger partial charge < -0.3 is 5.32 Å². The quantitative estimate of drug-likeness (QED) is 0.631. The van der Waals surface area contributed by atoms with Crippen LogP contribution in [0.15, 0.2) is 24.3 Å². The maximum Gasteiger partial charge on any atom is 0.269 e. The van der Waals surface area contributed by atoms with Gasteiger partial charge in [0.1, 0.15) is 0 Å². The number of benzene rings is 1. The Morgan fingerprint density at radius 1 is 1.42 bits per heavy atom. The van der Waals surface area contributed by atoms with Crippen molar-refractivity contribution in [3.63, 3.8) is 0 Å². The van der Waals surface area contributed by atoms with Crippen LogP contribution in [0.25, 0.3) is 0 Å². The van der Waals surface area contributed by atoms with Crippen molar-refractivity contribution in [3.8, 4) is 0 Å². The van der Waals surface area contributed by atoms with Gasteiger partial charge in [0.25, 0.3) is 5.69 Å². The molecule has 0 radical (unpaired) electrons. The van der Waals surface area contributed by atoms with E-state index in [0.29, 0.717) is 11.6 Å². The summed E-state index contributed by atoms with van der Waals surface area (Å²) >= 11 is 0. The number of hydrogen-bond acceptors (Lipinski definition) is 3. The molecule has 2 unspecified atom stereocenters. The van der Waals surface area contributed by atoms with Gasteiger partial charge in [-0.3, -0.25) is 14.9 Å². The zero-order valence-corrected chi connectivity index (χ0v) is 11.0. The fraction of sp³-hybridized carbons (Fsp3) is 0.500. The highest BCUT2D eigenvalue weighted by atomic mass is 16.6. The van der Waals surface area contributed by atoms with Crippen LogP contribution in [0.4, 0.5) is 11.4 Å². The number of hydrogen-bond donors (Lipinski definition) is 1. The lowest BCUT2D eigenvalue weighted by atomic mass is 10.1. The molecule has 0 spiro atoms. The second-order valence-electron chi connectivity index (χ2n) is 5.04. The highest BCUT2D eigenvalue weighted by Gasteiger charge is 2.41. The number of nitro groups is 1. The fourth-order valence-corrected chi connectivity index (χ4v) is 2.26. The van der Waals surface area contributed by atoms with Crippen molar-refractivity contribution in [2.24, 2.45) is 11.8 Å². The molecule has 0 saturated heterocycles. The molecule has 1 fully saturated rings. The number of rotatable bonds is 6. The van der Waals surface area contributed by atoms with Crippen LogP contribution in [0.3, 0.4) is 0 Å². The van der Waals surface area contributed by atoms with Crippen LogP contribution in [-0.2, 0) is 4.79 Å². The number of anilines is 1. The fourth-order valence-electron chi connectivity index (χ4n) is 2.26. The van der Waals surface area contributed by atoms with Crippen molar-refractivity contribution in [2.45, 2.75) is 32.6 Å². The summed E-state index contributed by atoms with van der Waals surface area (Å²) in [7, 11) is 0. The predicted molar refractivity (Wildman–Crippen MR) is 72.8 cm³/mol. The maximum absolute atomic E-state index is 11.9. The zero-order valence-electron chi connectivity index (χ0n) is 11.0. The van der Waals surface area contributed by atoms with Gasteiger partial charge in [0.15, 0.2) is 0 Å². The molecule has 2 atom stereocenters. The van der Waals surface area contributed by atoms with Gasteiger partial charge in [-0.2, -0.15) is 0 Å². The molecule has 0 aliphatic heterocycles. The number of amides is 1. The normalized spacial score (nSPS) is 20.9. The minimum atomic E-state index is -0.451. The topological polar surface area (TPSA) is 72.2 Å². The largest absolute Gasteiger partial charge is 0.326 e. The number of nitrogens with one attached hydrogen (secondary N) is 1. The Morgan fingerprint density at radius 3 is 2.68 bits per heavy atom. The third kappa shape index (κ3) is 3.53. The van der Waals surface area contributed by atoms with Crippen molar-refractivity contribution in [3.05, 3.63) is 34.4 Å². The molecule has 1 N–H and O–H groups in total. The third-order valence-electron chi connectivity index (χ3n) is 3.53. The summed E-state index contributed by atoms with van der Waals surface area (Å²) in [6.07, 6.45) is 4.42. The van der Waals surface area contributed by atoms with E-state index in [1.807, 2.05) is 0 Å². The third-order valence-corrected chi connectivity index (χ3v) is 3.53. The molecule has 1 aliphatic carbocycles. The molecule has 19 heavy (non-hydrogen) atoms. The second-order valence-corrected chi connectivity index (χ2v) is 5.04. The van der Waals surface area contributed by atoms with E-state index in [-0.39, 0.29) is 17.5 Å². The van der Waals surface area contributed by atoms with E-state index in [2.05, 4.69) is 12.2 Å². The first-order valence-corrected chi connectivity index (χ1v) is 6.67. The van der Waals surface area contributed by atoms with Crippen LogP contribution >= 0.6 is 0 Å². The van der Waals surface area contributed by atoms with Gasteiger partial charge in [0, 0.05) is 23.7 Å². The number of unbranched alkanes of at least 4 members (excludes halogenated alkanes) is 1. The molecule has 1 amide bonds. The summed E-state index contributed by atoms with van der Waals surface area (Å²) in [5.74, 6) is 0.690. The SMILES string of the molecule is CCCCC1CC1C(=O)Nc1ccc([N+](=O)[O-])cc1. The van der Waals surface area contributed by atoms with Crippen LogP contribution < -0.4 is 5.32 Å². The summed E-state index contributed by atoms with van der Waals surface area (Å²) in [4.78, 5) is 22.0. The average molecular weight is 262 g/mol. The molecule has 102 valence electrons. The van der Waals surface area contributed by atoms with E-state index in [4.69, 9.17) is 0 Å². The smallest absolute Gasteiger partial charge is 0.269 e. The lowest BCUT2D eigenvalue weighted by Gasteiger charge is -2.04. The van der Waals surface area contributed by atoms with E-state index in [0.717, 1.165) is 19.3 Å². The molecule has 1 saturated carbocycles. The zero-order chi connectivity index (χ0) is 13.8. The molecular weight excluding hydrogens is 244 g/mol. The lowest BCUT2D eigenvalue weighted by Crippen LogP contribution is -2.14. The summed E-state index contributed by atoms with van der Waals surface area (Å²) in [5, 5.41) is 13.3. The van der Waals surface area contributed by atoms with Crippen molar-refractivity contribution >= 4 is 17.3 Å². The number of nitrogens with zero attached hydrogens (tertiary/aromatic N) is 1. The van der Waals surface area contributed by atoms with Crippen molar-refractivity contribution in [1.82, 2.24) is 0 Å². The first-order chi connectivity index (χ1) is 9.11. The Bertz CT molecular complexity index is 470. The van der Waals surface area contributed by atoms with Crippen LogP contribution in [0.1, 0.15) is 32.6 Å². The Labute approximate surface area is 112 Å². The number of non-ortho nitro benzene ring substituents is 1. The Balaban J connectivity index is 1.84. The number of nitro benzene ring substituents is 1. The van der Waals surface area contributed by atoms with Crippen molar-refractivity contribution < 1.29 is 9.72 Å². The maximum atomic E-state index is 11.9. The summed E-state index contributed by atoms with van der Waals surface area (Å²) in [6.45, 7) is 2.15. The molecule has 1 aliphatic rings. The van der Waals surface area contributed by atoms with E-state index in [1.54, 1.807) is 12.1 Å². The summed E-state index contributed by atoms with van der Waals surface area (Å²) in [5.41, 5.74) is 0.655. The van der Waals surface area contributed by atoms with Gasteiger partial charge in [-0.05, 0) is 30.9 Å². The molecule has 2 rings (SSSR count). The standard InChI is InChI=1S/C14H18N2O3/c1-2-3-4-10-9-13(10)14(17)15-11-5-7-12(8-6-11)16(18)19/h5-8,10,13H,2-4,9H2,1H3,(H,15,17). The van der Waals surface area contributed by atoms with Crippen LogP contribution in [0, 0.1) is 22.0 Å². The lowest BCUT2D eigenvalue weighted by molar-refractivity contribution is -0.384. The first-order valence-electron chi connectivity index (χ1n) is 6.67. The second kappa shape index (κ2) is 5.82. The monoisotopic (exact) mass is 262 g/mol. The number of carbonyl (C=O) groups is 1. The molecular formula is C14H18N2O3. The minimum absolute atomic E-state index is 0.0326.